The Bertz CT molecular complexity index is 554. The molecule has 24 heavy (non-hydrogen) atoms. The molecule has 5 nitrogen and oxygen atoms in total. The van der Waals surface area contributed by atoms with E-state index < -0.39 is 0 Å². The lowest BCUT2D eigenvalue weighted by molar-refractivity contribution is -0.119. The second-order valence-electron chi connectivity index (χ2n) is 6.65. The van der Waals surface area contributed by atoms with Gasteiger partial charge in [0, 0.05) is 18.2 Å². The summed E-state index contributed by atoms with van der Waals surface area (Å²) in [6, 6.07) is 7.81. The largest absolute Gasteiger partial charge is 0.370 e. The van der Waals surface area contributed by atoms with Gasteiger partial charge in [-0.1, -0.05) is 38.8 Å². The molecule has 0 saturated heterocycles. The summed E-state index contributed by atoms with van der Waals surface area (Å²) < 4.78 is 0. The standard InChI is InChI=1S/C18H28N4O.HI/c1-13(2)11-20-18(19)21-12-14-6-5-9-16(10-14)22-17(23)15-7-3-4-8-15;/h5-6,9-10,13,15H,3-4,7-8,11-12H2,1-2H3,(H,22,23)(H3,19,20,21);1H. The van der Waals surface area contributed by atoms with Crippen molar-refractivity contribution in [1.29, 1.82) is 0 Å². The highest BCUT2D eigenvalue weighted by molar-refractivity contribution is 14.0. The zero-order chi connectivity index (χ0) is 16.7. The number of halogens is 1. The molecule has 4 N–H and O–H groups in total. The number of aliphatic imine (C=N–C) groups is 1. The van der Waals surface area contributed by atoms with Crippen LogP contribution in [0.15, 0.2) is 29.3 Å². The van der Waals surface area contributed by atoms with E-state index in [2.05, 4.69) is 29.5 Å². The summed E-state index contributed by atoms with van der Waals surface area (Å²) in [5.41, 5.74) is 7.71. The van der Waals surface area contributed by atoms with Gasteiger partial charge in [-0.05, 0) is 36.5 Å². The number of hydrogen-bond acceptors (Lipinski definition) is 2. The molecule has 134 valence electrons. The van der Waals surface area contributed by atoms with Gasteiger partial charge in [0.15, 0.2) is 5.96 Å². The van der Waals surface area contributed by atoms with Gasteiger partial charge in [-0.15, -0.1) is 24.0 Å². The van der Waals surface area contributed by atoms with Crippen LogP contribution in [-0.4, -0.2) is 18.4 Å². The van der Waals surface area contributed by atoms with Crippen LogP contribution in [0, 0.1) is 11.8 Å². The van der Waals surface area contributed by atoms with E-state index in [1.54, 1.807) is 0 Å². The van der Waals surface area contributed by atoms with Gasteiger partial charge in [0.25, 0.3) is 0 Å². The number of rotatable bonds is 6. The van der Waals surface area contributed by atoms with Crippen LogP contribution in [0.4, 0.5) is 5.69 Å². The highest BCUT2D eigenvalue weighted by atomic mass is 127. The number of guanidine groups is 1. The molecule has 0 aromatic heterocycles. The molecular formula is C18H29IN4O. The molecule has 1 aliphatic rings. The highest BCUT2D eigenvalue weighted by Gasteiger charge is 2.22. The van der Waals surface area contributed by atoms with Crippen LogP contribution in [0.2, 0.25) is 0 Å². The molecule has 1 amide bonds. The molecule has 0 spiro atoms. The van der Waals surface area contributed by atoms with Crippen molar-refractivity contribution < 1.29 is 4.79 Å². The lowest BCUT2D eigenvalue weighted by Crippen LogP contribution is -2.34. The summed E-state index contributed by atoms with van der Waals surface area (Å²) >= 11 is 0. The number of nitrogens with zero attached hydrogens (tertiary/aromatic N) is 1. The Hall–Kier alpha value is -1.31. The fourth-order valence-corrected chi connectivity index (χ4v) is 2.72. The first-order valence-corrected chi connectivity index (χ1v) is 8.48. The molecule has 1 aromatic carbocycles. The number of carbonyl (C=O) groups excluding carboxylic acids is 1. The topological polar surface area (TPSA) is 79.5 Å². The SMILES string of the molecule is CC(C)CNC(N)=NCc1cccc(NC(=O)C2CCCC2)c1.I. The number of amides is 1. The number of nitrogens with two attached hydrogens (primary N) is 1. The van der Waals surface area contributed by atoms with Gasteiger partial charge in [-0.25, -0.2) is 4.99 Å². The van der Waals surface area contributed by atoms with Gasteiger partial charge in [0.1, 0.15) is 0 Å². The van der Waals surface area contributed by atoms with Crippen molar-refractivity contribution in [2.75, 3.05) is 11.9 Å². The van der Waals surface area contributed by atoms with Gasteiger partial charge >= 0.3 is 0 Å². The van der Waals surface area contributed by atoms with E-state index in [1.807, 2.05) is 24.3 Å². The van der Waals surface area contributed by atoms with E-state index in [-0.39, 0.29) is 35.8 Å². The number of nitrogens with one attached hydrogen (secondary N) is 2. The summed E-state index contributed by atoms with van der Waals surface area (Å²) in [5.74, 6) is 1.30. The summed E-state index contributed by atoms with van der Waals surface area (Å²) in [4.78, 5) is 16.5. The lowest BCUT2D eigenvalue weighted by Gasteiger charge is -2.11. The summed E-state index contributed by atoms with van der Waals surface area (Å²) in [6.45, 7) is 5.56. The van der Waals surface area contributed by atoms with Crippen molar-refractivity contribution in [3.05, 3.63) is 29.8 Å². The Balaban J connectivity index is 0.00000288. The molecule has 2 rings (SSSR count). The zero-order valence-electron chi connectivity index (χ0n) is 14.5. The van der Waals surface area contributed by atoms with E-state index in [4.69, 9.17) is 5.73 Å². The van der Waals surface area contributed by atoms with Gasteiger partial charge in [0.05, 0.1) is 6.54 Å². The fourth-order valence-electron chi connectivity index (χ4n) is 2.72. The predicted octanol–water partition coefficient (Wildman–Crippen LogP) is 3.49. The molecule has 1 aliphatic carbocycles. The monoisotopic (exact) mass is 444 g/mol. The van der Waals surface area contributed by atoms with Crippen LogP contribution in [0.3, 0.4) is 0 Å². The third kappa shape index (κ3) is 7.07. The molecule has 0 unspecified atom stereocenters. The smallest absolute Gasteiger partial charge is 0.227 e. The molecule has 0 atom stereocenters. The molecule has 0 radical (unpaired) electrons. The Morgan fingerprint density at radius 2 is 2.04 bits per heavy atom. The van der Waals surface area contributed by atoms with E-state index in [0.29, 0.717) is 18.4 Å². The maximum Gasteiger partial charge on any atom is 0.227 e. The minimum atomic E-state index is 0. The second kappa shape index (κ2) is 10.5. The fraction of sp³-hybridized carbons (Fsp3) is 0.556. The van der Waals surface area contributed by atoms with Crippen molar-refractivity contribution >= 4 is 41.5 Å². The van der Waals surface area contributed by atoms with Gasteiger partial charge < -0.3 is 16.4 Å². The third-order valence-electron chi connectivity index (χ3n) is 4.04. The van der Waals surface area contributed by atoms with Crippen LogP contribution in [0.25, 0.3) is 0 Å². The molecule has 1 fully saturated rings. The molecule has 0 bridgehead atoms. The maximum absolute atomic E-state index is 12.2. The number of carbonyl (C=O) groups is 1. The molecule has 1 saturated carbocycles. The van der Waals surface area contributed by atoms with E-state index in [0.717, 1.165) is 43.5 Å². The van der Waals surface area contributed by atoms with Crippen LogP contribution >= 0.6 is 24.0 Å². The second-order valence-corrected chi connectivity index (χ2v) is 6.65. The van der Waals surface area contributed by atoms with E-state index in [9.17, 15) is 4.79 Å². The third-order valence-corrected chi connectivity index (χ3v) is 4.04. The van der Waals surface area contributed by atoms with Crippen molar-refractivity contribution in [1.82, 2.24) is 5.32 Å². The summed E-state index contributed by atoms with van der Waals surface area (Å²) in [6.07, 6.45) is 4.34. The van der Waals surface area contributed by atoms with Crippen LogP contribution in [0.1, 0.15) is 45.1 Å². The lowest BCUT2D eigenvalue weighted by atomic mass is 10.1. The zero-order valence-corrected chi connectivity index (χ0v) is 16.9. The maximum atomic E-state index is 12.2. The highest BCUT2D eigenvalue weighted by Crippen LogP contribution is 2.26. The molecule has 6 heteroatoms. The molecule has 0 heterocycles. The Labute approximate surface area is 161 Å². The number of hydrogen-bond donors (Lipinski definition) is 3. The minimum absolute atomic E-state index is 0. The van der Waals surface area contributed by atoms with E-state index in [1.165, 1.54) is 0 Å². The Morgan fingerprint density at radius 3 is 2.71 bits per heavy atom. The summed E-state index contributed by atoms with van der Waals surface area (Å²) in [7, 11) is 0. The van der Waals surface area contributed by atoms with Gasteiger partial charge in [-0.3, -0.25) is 4.79 Å². The average molecular weight is 444 g/mol. The first-order valence-electron chi connectivity index (χ1n) is 8.48. The van der Waals surface area contributed by atoms with Crippen molar-refractivity contribution in [3.63, 3.8) is 0 Å². The number of anilines is 1. The molecule has 0 aliphatic heterocycles. The summed E-state index contributed by atoms with van der Waals surface area (Å²) in [5, 5.41) is 6.11. The Kier molecular flexibility index (Phi) is 9.10. The first kappa shape index (κ1) is 20.7. The van der Waals surface area contributed by atoms with Crippen LogP contribution in [0.5, 0.6) is 0 Å². The quantitative estimate of drug-likeness (QED) is 0.357. The van der Waals surface area contributed by atoms with Crippen molar-refractivity contribution in [2.24, 2.45) is 22.6 Å². The van der Waals surface area contributed by atoms with Gasteiger partial charge in [-0.2, -0.15) is 0 Å². The average Bonchev–Trinajstić information content (AvgIpc) is 3.06. The van der Waals surface area contributed by atoms with E-state index >= 15 is 0 Å². The minimum Gasteiger partial charge on any atom is -0.370 e. The number of benzene rings is 1. The van der Waals surface area contributed by atoms with Crippen LogP contribution < -0.4 is 16.4 Å². The normalized spacial score (nSPS) is 15.2. The van der Waals surface area contributed by atoms with Gasteiger partial charge in [0.2, 0.25) is 5.91 Å². The predicted molar refractivity (Wildman–Crippen MR) is 111 cm³/mol. The van der Waals surface area contributed by atoms with Crippen molar-refractivity contribution in [3.8, 4) is 0 Å². The Morgan fingerprint density at radius 1 is 1.33 bits per heavy atom. The first-order chi connectivity index (χ1) is 11.0. The molecule has 1 aromatic rings. The van der Waals surface area contributed by atoms with Crippen LogP contribution in [-0.2, 0) is 11.3 Å². The van der Waals surface area contributed by atoms with Crippen molar-refractivity contribution in [2.45, 2.75) is 46.1 Å². The molecular weight excluding hydrogens is 415 g/mol.